The number of alkyl halides is 5. The number of amidine groups is 1. The molecule has 1 aromatic rings. The molecule has 0 saturated heterocycles. The standard InChI is InChI=1S/C12H14F5N3O/c13-10(14)6-20(3-4-21)9-2-1-7(12(15,16)17)5-8(9)11(18)19/h1-2,5,10,21H,3-4,6H2,(H3,18,19). The first-order valence-electron chi connectivity index (χ1n) is 5.86. The Morgan fingerprint density at radius 2 is 1.95 bits per heavy atom. The highest BCUT2D eigenvalue weighted by atomic mass is 19.4. The first kappa shape index (κ1) is 17.2. The van der Waals surface area contributed by atoms with Gasteiger partial charge in [-0.2, -0.15) is 13.2 Å². The van der Waals surface area contributed by atoms with Gasteiger partial charge in [-0.15, -0.1) is 0 Å². The van der Waals surface area contributed by atoms with Gasteiger partial charge in [-0.1, -0.05) is 0 Å². The summed E-state index contributed by atoms with van der Waals surface area (Å²) in [5, 5.41) is 16.2. The van der Waals surface area contributed by atoms with E-state index in [4.69, 9.17) is 16.2 Å². The number of hydrogen-bond donors (Lipinski definition) is 3. The van der Waals surface area contributed by atoms with Crippen molar-refractivity contribution in [3.8, 4) is 0 Å². The molecule has 0 amide bonds. The lowest BCUT2D eigenvalue weighted by Crippen LogP contribution is -2.33. The summed E-state index contributed by atoms with van der Waals surface area (Å²) in [6, 6.07) is 2.32. The monoisotopic (exact) mass is 311 g/mol. The van der Waals surface area contributed by atoms with Crippen molar-refractivity contribution in [1.29, 1.82) is 5.41 Å². The van der Waals surface area contributed by atoms with E-state index in [0.29, 0.717) is 6.07 Å². The summed E-state index contributed by atoms with van der Waals surface area (Å²) in [5.74, 6) is -0.673. The maximum atomic E-state index is 12.6. The van der Waals surface area contributed by atoms with Gasteiger partial charge in [0.05, 0.1) is 18.7 Å². The van der Waals surface area contributed by atoms with Crippen molar-refractivity contribution in [3.05, 3.63) is 29.3 Å². The number of nitrogens with one attached hydrogen (secondary N) is 1. The van der Waals surface area contributed by atoms with Crippen LogP contribution in [0, 0.1) is 5.41 Å². The number of nitrogen functional groups attached to an aromatic ring is 1. The second-order valence-electron chi connectivity index (χ2n) is 4.20. The van der Waals surface area contributed by atoms with Crippen LogP contribution in [0.25, 0.3) is 0 Å². The van der Waals surface area contributed by atoms with Crippen molar-refractivity contribution in [2.24, 2.45) is 5.73 Å². The molecule has 0 aliphatic heterocycles. The number of rotatable bonds is 6. The minimum absolute atomic E-state index is 0.0511. The number of hydrogen-bond acceptors (Lipinski definition) is 3. The van der Waals surface area contributed by atoms with Crippen LogP contribution in [0.3, 0.4) is 0 Å². The highest BCUT2D eigenvalue weighted by Crippen LogP contribution is 2.33. The number of anilines is 1. The molecule has 0 unspecified atom stereocenters. The zero-order chi connectivity index (χ0) is 16.2. The Bertz CT molecular complexity index is 504. The largest absolute Gasteiger partial charge is 0.416 e. The van der Waals surface area contributed by atoms with Crippen LogP contribution in [0.2, 0.25) is 0 Å². The van der Waals surface area contributed by atoms with Gasteiger partial charge in [0.25, 0.3) is 6.43 Å². The topological polar surface area (TPSA) is 73.3 Å². The molecule has 118 valence electrons. The molecular weight excluding hydrogens is 297 g/mol. The van der Waals surface area contributed by atoms with Crippen molar-refractivity contribution >= 4 is 11.5 Å². The Morgan fingerprint density at radius 3 is 2.38 bits per heavy atom. The lowest BCUT2D eigenvalue weighted by Gasteiger charge is -2.26. The number of aliphatic hydroxyl groups excluding tert-OH is 1. The van der Waals surface area contributed by atoms with Crippen molar-refractivity contribution in [1.82, 2.24) is 0 Å². The van der Waals surface area contributed by atoms with Gasteiger partial charge in [-0.3, -0.25) is 5.41 Å². The highest BCUT2D eigenvalue weighted by Gasteiger charge is 2.32. The molecule has 0 spiro atoms. The van der Waals surface area contributed by atoms with Gasteiger partial charge in [0, 0.05) is 17.8 Å². The van der Waals surface area contributed by atoms with Crippen LogP contribution in [0.15, 0.2) is 18.2 Å². The van der Waals surface area contributed by atoms with Crippen molar-refractivity contribution in [2.75, 3.05) is 24.6 Å². The molecule has 1 rings (SSSR count). The zero-order valence-electron chi connectivity index (χ0n) is 10.8. The van der Waals surface area contributed by atoms with Crippen LogP contribution in [-0.4, -0.2) is 37.1 Å². The van der Waals surface area contributed by atoms with Gasteiger partial charge in [0.2, 0.25) is 0 Å². The average molecular weight is 311 g/mol. The normalized spacial score (nSPS) is 11.8. The van der Waals surface area contributed by atoms with Gasteiger partial charge in [-0.25, -0.2) is 8.78 Å². The molecule has 0 aliphatic rings. The van der Waals surface area contributed by atoms with Crippen molar-refractivity contribution in [3.63, 3.8) is 0 Å². The van der Waals surface area contributed by atoms with E-state index in [2.05, 4.69) is 0 Å². The Hall–Kier alpha value is -1.90. The lowest BCUT2D eigenvalue weighted by molar-refractivity contribution is -0.137. The third-order valence-electron chi connectivity index (χ3n) is 2.68. The van der Waals surface area contributed by atoms with Crippen LogP contribution in [0.1, 0.15) is 11.1 Å². The van der Waals surface area contributed by atoms with Gasteiger partial charge in [0.15, 0.2) is 0 Å². The first-order chi connectivity index (χ1) is 9.66. The quantitative estimate of drug-likeness (QED) is 0.428. The Balaban J connectivity index is 3.29. The molecule has 9 heteroatoms. The lowest BCUT2D eigenvalue weighted by atomic mass is 10.1. The Morgan fingerprint density at radius 1 is 1.33 bits per heavy atom. The fourth-order valence-electron chi connectivity index (χ4n) is 1.80. The summed E-state index contributed by atoms with van der Waals surface area (Å²) in [5.41, 5.74) is 3.84. The molecule has 0 radical (unpaired) electrons. The zero-order valence-corrected chi connectivity index (χ0v) is 10.8. The molecular formula is C12H14F5N3O. The molecule has 21 heavy (non-hydrogen) atoms. The summed E-state index contributed by atoms with van der Waals surface area (Å²) in [7, 11) is 0. The maximum absolute atomic E-state index is 12.6. The fourth-order valence-corrected chi connectivity index (χ4v) is 1.80. The average Bonchev–Trinajstić information content (AvgIpc) is 2.36. The Labute approximate surface area is 117 Å². The van der Waals surface area contributed by atoms with Crippen LogP contribution >= 0.6 is 0 Å². The molecule has 1 aromatic carbocycles. The minimum atomic E-state index is -4.63. The summed E-state index contributed by atoms with van der Waals surface area (Å²) < 4.78 is 62.9. The fraction of sp³-hybridized carbons (Fsp3) is 0.417. The van der Waals surface area contributed by atoms with Gasteiger partial charge >= 0.3 is 6.18 Å². The molecule has 0 saturated carbocycles. The van der Waals surface area contributed by atoms with E-state index >= 15 is 0 Å². The molecule has 0 bridgehead atoms. The van der Waals surface area contributed by atoms with E-state index in [9.17, 15) is 22.0 Å². The number of halogens is 5. The number of nitrogens with zero attached hydrogens (tertiary/aromatic N) is 1. The van der Waals surface area contributed by atoms with Gasteiger partial charge in [-0.05, 0) is 18.2 Å². The second kappa shape index (κ2) is 6.70. The summed E-state index contributed by atoms with van der Waals surface area (Å²) in [4.78, 5) is 0.988. The van der Waals surface area contributed by atoms with Crippen LogP contribution in [0.5, 0.6) is 0 Å². The maximum Gasteiger partial charge on any atom is 0.416 e. The minimum Gasteiger partial charge on any atom is -0.395 e. The van der Waals surface area contributed by atoms with Crippen LogP contribution in [0.4, 0.5) is 27.6 Å². The summed E-state index contributed by atoms with van der Waals surface area (Å²) >= 11 is 0. The first-order valence-corrected chi connectivity index (χ1v) is 5.86. The SMILES string of the molecule is N=C(N)c1cc(C(F)(F)F)ccc1N(CCO)CC(F)F. The third kappa shape index (κ3) is 4.55. The van der Waals surface area contributed by atoms with E-state index in [1.54, 1.807) is 0 Å². The van der Waals surface area contributed by atoms with E-state index in [1.165, 1.54) is 0 Å². The highest BCUT2D eigenvalue weighted by molar-refractivity contribution is 6.00. The molecule has 4 nitrogen and oxygen atoms in total. The second-order valence-corrected chi connectivity index (χ2v) is 4.20. The van der Waals surface area contributed by atoms with Gasteiger partial charge < -0.3 is 15.7 Å². The molecule has 0 aliphatic carbocycles. The van der Waals surface area contributed by atoms with Crippen LogP contribution < -0.4 is 10.6 Å². The number of nitrogens with two attached hydrogens (primary N) is 1. The van der Waals surface area contributed by atoms with E-state index in [1.807, 2.05) is 0 Å². The Kier molecular flexibility index (Phi) is 5.47. The van der Waals surface area contributed by atoms with E-state index < -0.39 is 37.2 Å². The van der Waals surface area contributed by atoms with Crippen molar-refractivity contribution in [2.45, 2.75) is 12.6 Å². The third-order valence-corrected chi connectivity index (χ3v) is 2.68. The molecule has 4 N–H and O–H groups in total. The molecule has 0 atom stereocenters. The van der Waals surface area contributed by atoms with Gasteiger partial charge in [0.1, 0.15) is 5.84 Å². The predicted molar refractivity (Wildman–Crippen MR) is 67.8 cm³/mol. The summed E-state index contributed by atoms with van der Waals surface area (Å²) in [6.07, 6.45) is -7.38. The number of aliphatic hydroxyl groups is 1. The molecule has 0 fully saturated rings. The van der Waals surface area contributed by atoms with Crippen molar-refractivity contribution < 1.29 is 27.1 Å². The summed E-state index contributed by atoms with van der Waals surface area (Å²) in [6.45, 7) is -1.47. The van der Waals surface area contributed by atoms with Crippen LogP contribution in [-0.2, 0) is 6.18 Å². The molecule has 0 heterocycles. The smallest absolute Gasteiger partial charge is 0.395 e. The number of benzene rings is 1. The molecule has 0 aromatic heterocycles. The predicted octanol–water partition coefficient (Wildman–Crippen LogP) is 2.05. The van der Waals surface area contributed by atoms with E-state index in [-0.39, 0.29) is 17.8 Å². The van der Waals surface area contributed by atoms with E-state index in [0.717, 1.165) is 17.0 Å².